The number of aromatic nitrogens is 2. The number of hydrogen-bond acceptors (Lipinski definition) is 5. The minimum absolute atomic E-state index is 0.0483. The van der Waals surface area contributed by atoms with Crippen molar-refractivity contribution in [2.45, 2.75) is 6.04 Å². The lowest BCUT2D eigenvalue weighted by molar-refractivity contribution is -0.132. The smallest absolute Gasteiger partial charge is 0.302 e. The number of methoxy groups -OCH3 is 1. The van der Waals surface area contributed by atoms with Crippen LogP contribution < -0.4 is 9.64 Å². The highest BCUT2D eigenvalue weighted by Gasteiger charge is 2.48. The van der Waals surface area contributed by atoms with Crippen LogP contribution in [0, 0.1) is 0 Å². The number of ketones is 1. The number of halogens is 1. The lowest BCUT2D eigenvalue weighted by atomic mass is 9.95. The molecule has 0 bridgehead atoms. The zero-order valence-corrected chi connectivity index (χ0v) is 18.2. The van der Waals surface area contributed by atoms with Crippen molar-refractivity contribution in [3.8, 4) is 5.75 Å². The number of carbonyl (C=O) groups is 2. The molecule has 7 nitrogen and oxygen atoms in total. The maximum Gasteiger partial charge on any atom is 0.302 e. The summed E-state index contributed by atoms with van der Waals surface area (Å²) in [4.78, 5) is 35.3. The van der Waals surface area contributed by atoms with E-state index < -0.39 is 17.7 Å². The van der Waals surface area contributed by atoms with Crippen LogP contribution in [0.15, 0.2) is 78.4 Å². The van der Waals surface area contributed by atoms with Crippen LogP contribution in [0.5, 0.6) is 5.75 Å². The third-order valence-electron chi connectivity index (χ3n) is 5.59. The highest BCUT2D eigenvalue weighted by molar-refractivity contribution is 6.51. The van der Waals surface area contributed by atoms with E-state index in [0.717, 1.165) is 5.52 Å². The molecule has 5 rings (SSSR count). The molecule has 0 radical (unpaired) electrons. The summed E-state index contributed by atoms with van der Waals surface area (Å²) in [6.07, 6.45) is 0. The summed E-state index contributed by atoms with van der Waals surface area (Å²) in [5.74, 6) is -1.28. The van der Waals surface area contributed by atoms with Gasteiger partial charge in [0.1, 0.15) is 11.5 Å². The van der Waals surface area contributed by atoms with Crippen molar-refractivity contribution < 1.29 is 19.4 Å². The second kappa shape index (κ2) is 8.11. The number of amides is 1. The van der Waals surface area contributed by atoms with E-state index in [-0.39, 0.29) is 22.3 Å². The highest BCUT2D eigenvalue weighted by atomic mass is 35.5. The van der Waals surface area contributed by atoms with Crippen molar-refractivity contribution >= 4 is 46.0 Å². The second-order valence-corrected chi connectivity index (χ2v) is 7.91. The van der Waals surface area contributed by atoms with Gasteiger partial charge >= 0.3 is 5.91 Å². The summed E-state index contributed by atoms with van der Waals surface area (Å²) in [6, 6.07) is 20.1. The first-order valence-corrected chi connectivity index (χ1v) is 10.5. The molecule has 1 amide bonds. The Labute approximate surface area is 193 Å². The fourth-order valence-electron chi connectivity index (χ4n) is 4.02. The zero-order chi connectivity index (χ0) is 23.1. The van der Waals surface area contributed by atoms with Crippen molar-refractivity contribution in [2.75, 3.05) is 12.0 Å². The van der Waals surface area contributed by atoms with Gasteiger partial charge in [-0.25, -0.2) is 4.98 Å². The van der Waals surface area contributed by atoms with Crippen LogP contribution in [0.1, 0.15) is 17.2 Å². The maximum atomic E-state index is 13.2. The van der Waals surface area contributed by atoms with E-state index in [9.17, 15) is 14.7 Å². The Balaban J connectivity index is 1.72. The maximum absolute atomic E-state index is 13.2. The van der Waals surface area contributed by atoms with Crippen LogP contribution in [0.4, 0.5) is 5.95 Å². The number of anilines is 1. The second-order valence-electron chi connectivity index (χ2n) is 7.51. The average molecular weight is 460 g/mol. The third kappa shape index (κ3) is 3.43. The number of nitrogens with zero attached hydrogens (tertiary/aromatic N) is 2. The molecule has 0 spiro atoms. The summed E-state index contributed by atoms with van der Waals surface area (Å²) in [5, 5.41) is 11.5. The number of hydrogen-bond donors (Lipinski definition) is 2. The molecule has 1 aliphatic rings. The molecule has 4 aromatic rings. The molecule has 3 aromatic carbocycles. The standard InChI is InChI=1S/C25H18ClN3O4/c1-33-19-12-11-15(13-16(19)26)22(30)20-21(14-7-3-2-4-8-14)29(24(32)23(20)31)25-27-17-9-5-6-10-18(17)28-25/h2-13,21,30H,1H3,(H,27,28)/b22-20+. The van der Waals surface area contributed by atoms with Crippen LogP contribution >= 0.6 is 11.6 Å². The molecule has 1 aromatic heterocycles. The largest absolute Gasteiger partial charge is 0.507 e. The average Bonchev–Trinajstić information content (AvgIpc) is 3.37. The van der Waals surface area contributed by atoms with E-state index in [2.05, 4.69) is 9.97 Å². The Morgan fingerprint density at radius 3 is 2.48 bits per heavy atom. The van der Waals surface area contributed by atoms with Gasteiger partial charge in [-0.1, -0.05) is 54.1 Å². The van der Waals surface area contributed by atoms with Gasteiger partial charge in [0.25, 0.3) is 5.78 Å². The monoisotopic (exact) mass is 459 g/mol. The number of imidazole rings is 1. The number of Topliss-reactive ketones (excluding diaryl/α,β-unsaturated/α-hetero) is 1. The van der Waals surface area contributed by atoms with E-state index in [1.807, 2.05) is 30.3 Å². The van der Waals surface area contributed by atoms with Gasteiger partial charge < -0.3 is 14.8 Å². The molecule has 33 heavy (non-hydrogen) atoms. The third-order valence-corrected chi connectivity index (χ3v) is 5.89. The van der Waals surface area contributed by atoms with Gasteiger partial charge in [-0.15, -0.1) is 0 Å². The number of aliphatic hydroxyl groups excluding tert-OH is 1. The van der Waals surface area contributed by atoms with Crippen molar-refractivity contribution in [1.82, 2.24) is 9.97 Å². The summed E-state index contributed by atoms with van der Waals surface area (Å²) >= 11 is 6.23. The number of nitrogens with one attached hydrogen (secondary N) is 1. The number of para-hydroxylation sites is 2. The molecular formula is C25H18ClN3O4. The number of aromatic amines is 1. The molecule has 1 fully saturated rings. The summed E-state index contributed by atoms with van der Waals surface area (Å²) in [5.41, 5.74) is 2.28. The number of carbonyl (C=O) groups excluding carboxylic acids is 2. The van der Waals surface area contributed by atoms with E-state index in [1.165, 1.54) is 18.1 Å². The van der Waals surface area contributed by atoms with Crippen LogP contribution in [-0.2, 0) is 9.59 Å². The molecule has 1 atom stereocenters. The number of rotatable bonds is 4. The van der Waals surface area contributed by atoms with Gasteiger partial charge in [0.05, 0.1) is 34.8 Å². The first-order chi connectivity index (χ1) is 16.0. The lowest BCUT2D eigenvalue weighted by Gasteiger charge is -2.23. The fourth-order valence-corrected chi connectivity index (χ4v) is 4.28. The SMILES string of the molecule is COc1ccc(/C(O)=C2\C(=O)C(=O)N(c3nc4ccccc4[nH]3)C2c2ccccc2)cc1Cl. The molecular weight excluding hydrogens is 442 g/mol. The van der Waals surface area contributed by atoms with Crippen LogP contribution in [-0.4, -0.2) is 33.9 Å². The molecule has 1 unspecified atom stereocenters. The van der Waals surface area contributed by atoms with Gasteiger partial charge in [0.2, 0.25) is 5.95 Å². The van der Waals surface area contributed by atoms with Crippen molar-refractivity contribution in [3.63, 3.8) is 0 Å². The van der Waals surface area contributed by atoms with E-state index >= 15 is 0 Å². The summed E-state index contributed by atoms with van der Waals surface area (Å²) in [6.45, 7) is 0. The molecule has 8 heteroatoms. The van der Waals surface area contributed by atoms with Gasteiger partial charge in [0.15, 0.2) is 0 Å². The van der Waals surface area contributed by atoms with Gasteiger partial charge in [-0.3, -0.25) is 14.5 Å². The van der Waals surface area contributed by atoms with Gasteiger partial charge in [-0.05, 0) is 35.9 Å². The van der Waals surface area contributed by atoms with Gasteiger partial charge in [0, 0.05) is 5.56 Å². The Hall–Kier alpha value is -4.10. The number of benzene rings is 3. The molecule has 1 aliphatic heterocycles. The Kier molecular flexibility index (Phi) is 5.11. The molecule has 2 N–H and O–H groups in total. The molecule has 2 heterocycles. The zero-order valence-electron chi connectivity index (χ0n) is 17.4. The predicted octanol–water partition coefficient (Wildman–Crippen LogP) is 4.85. The first-order valence-electron chi connectivity index (χ1n) is 10.1. The van der Waals surface area contributed by atoms with Gasteiger partial charge in [-0.2, -0.15) is 0 Å². The number of ether oxygens (including phenoxy) is 1. The van der Waals surface area contributed by atoms with E-state index in [1.54, 1.807) is 36.4 Å². The molecule has 164 valence electrons. The van der Waals surface area contributed by atoms with E-state index in [4.69, 9.17) is 16.3 Å². The minimum atomic E-state index is -0.882. The first kappa shape index (κ1) is 20.8. The highest BCUT2D eigenvalue weighted by Crippen LogP contribution is 2.42. The van der Waals surface area contributed by atoms with Crippen molar-refractivity contribution in [1.29, 1.82) is 0 Å². The number of fused-ring (bicyclic) bond motifs is 1. The minimum Gasteiger partial charge on any atom is -0.507 e. The Bertz CT molecular complexity index is 1400. The van der Waals surface area contributed by atoms with Crippen LogP contribution in [0.2, 0.25) is 5.02 Å². The van der Waals surface area contributed by atoms with E-state index in [0.29, 0.717) is 22.4 Å². The molecule has 0 aliphatic carbocycles. The number of H-pyrrole nitrogens is 1. The van der Waals surface area contributed by atoms with Crippen LogP contribution in [0.25, 0.3) is 16.8 Å². The predicted molar refractivity (Wildman–Crippen MR) is 125 cm³/mol. The normalized spacial score (nSPS) is 17.6. The summed E-state index contributed by atoms with van der Waals surface area (Å²) < 4.78 is 5.17. The van der Waals surface area contributed by atoms with Crippen molar-refractivity contribution in [2.24, 2.45) is 0 Å². The Morgan fingerprint density at radius 2 is 1.79 bits per heavy atom. The molecule has 1 saturated heterocycles. The topological polar surface area (TPSA) is 95.5 Å². The molecule has 0 saturated carbocycles. The van der Waals surface area contributed by atoms with Crippen molar-refractivity contribution in [3.05, 3.63) is 94.5 Å². The fraction of sp³-hybridized carbons (Fsp3) is 0.0800. The Morgan fingerprint density at radius 1 is 1.06 bits per heavy atom. The number of aliphatic hydroxyl groups is 1. The lowest BCUT2D eigenvalue weighted by Crippen LogP contribution is -2.30. The quantitative estimate of drug-likeness (QED) is 0.258. The summed E-state index contributed by atoms with van der Waals surface area (Å²) in [7, 11) is 1.48. The van der Waals surface area contributed by atoms with Crippen LogP contribution in [0.3, 0.4) is 0 Å².